The van der Waals surface area contributed by atoms with Crippen molar-refractivity contribution in [1.29, 1.82) is 0 Å². The molecule has 0 amide bonds. The van der Waals surface area contributed by atoms with Crippen molar-refractivity contribution < 1.29 is 0 Å². The minimum Gasteiger partial charge on any atom is -0.295 e. The average molecular weight is 233 g/mol. The number of nitrogens with one attached hydrogen (secondary N) is 1. The molecule has 0 unspecified atom stereocenters. The summed E-state index contributed by atoms with van der Waals surface area (Å²) in [5.74, 6) is 6.25. The summed E-state index contributed by atoms with van der Waals surface area (Å²) < 4.78 is 0. The van der Waals surface area contributed by atoms with Crippen molar-refractivity contribution in [2.75, 3.05) is 20.1 Å². The van der Waals surface area contributed by atoms with Crippen LogP contribution < -0.4 is 0 Å². The molecule has 1 rings (SSSR count). The highest BCUT2D eigenvalue weighted by molar-refractivity contribution is 5.23. The van der Waals surface area contributed by atoms with E-state index >= 15 is 0 Å². The van der Waals surface area contributed by atoms with Gasteiger partial charge in [-0.05, 0) is 45.8 Å². The number of nitrogens with zero attached hydrogens (tertiary/aromatic N) is 2. The van der Waals surface area contributed by atoms with Gasteiger partial charge in [0.25, 0.3) is 0 Å². The summed E-state index contributed by atoms with van der Waals surface area (Å²) >= 11 is 0. The molecule has 0 spiro atoms. The zero-order valence-corrected chi connectivity index (χ0v) is 11.4. The number of aryl methyl sites for hydroxylation is 2. The predicted molar refractivity (Wildman–Crippen MR) is 71.9 cm³/mol. The lowest BCUT2D eigenvalue weighted by Crippen LogP contribution is -2.20. The number of hydrogen-bond acceptors (Lipinski definition) is 2. The molecule has 0 atom stereocenters. The van der Waals surface area contributed by atoms with E-state index in [-0.39, 0.29) is 0 Å². The van der Waals surface area contributed by atoms with Crippen molar-refractivity contribution in [3.8, 4) is 11.8 Å². The molecule has 0 saturated heterocycles. The monoisotopic (exact) mass is 233 g/mol. The van der Waals surface area contributed by atoms with Crippen LogP contribution in [0.25, 0.3) is 0 Å². The normalized spacial score (nSPS) is 10.4. The summed E-state index contributed by atoms with van der Waals surface area (Å²) in [4.78, 5) is 2.27. The van der Waals surface area contributed by atoms with Crippen molar-refractivity contribution in [2.24, 2.45) is 0 Å². The number of hydrogen-bond donors (Lipinski definition) is 1. The van der Waals surface area contributed by atoms with E-state index in [1.54, 1.807) is 0 Å². The number of H-pyrrole nitrogens is 1. The van der Waals surface area contributed by atoms with E-state index in [9.17, 15) is 0 Å². The standard InChI is InChI=1S/C14H23N3/c1-5-6-7-10-17(4)11-8-9-14-12(2)15-16-13(14)3/h5,8-11H2,1-4H3,(H,15,16). The first kappa shape index (κ1) is 13.8. The van der Waals surface area contributed by atoms with Crippen LogP contribution in [0.4, 0.5) is 0 Å². The first-order valence-electron chi connectivity index (χ1n) is 6.29. The van der Waals surface area contributed by atoms with Gasteiger partial charge in [0.2, 0.25) is 0 Å². The van der Waals surface area contributed by atoms with Gasteiger partial charge in [0.15, 0.2) is 0 Å². The smallest absolute Gasteiger partial charge is 0.0625 e. The Bertz CT molecular complexity index is 376. The Morgan fingerprint density at radius 2 is 2.06 bits per heavy atom. The van der Waals surface area contributed by atoms with Crippen LogP contribution in [0, 0.1) is 25.7 Å². The summed E-state index contributed by atoms with van der Waals surface area (Å²) in [7, 11) is 2.12. The zero-order chi connectivity index (χ0) is 12.7. The molecule has 94 valence electrons. The van der Waals surface area contributed by atoms with Gasteiger partial charge in [-0.2, -0.15) is 5.10 Å². The maximum absolute atomic E-state index is 4.21. The van der Waals surface area contributed by atoms with Crippen LogP contribution in [0.1, 0.15) is 36.7 Å². The minimum absolute atomic E-state index is 0.872. The number of aromatic nitrogens is 2. The third kappa shape index (κ3) is 4.62. The zero-order valence-electron chi connectivity index (χ0n) is 11.4. The highest BCUT2D eigenvalue weighted by atomic mass is 15.1. The molecule has 0 radical (unpaired) electrons. The quantitative estimate of drug-likeness (QED) is 0.791. The topological polar surface area (TPSA) is 31.9 Å². The molecule has 17 heavy (non-hydrogen) atoms. The molecular weight excluding hydrogens is 210 g/mol. The van der Waals surface area contributed by atoms with Crippen molar-refractivity contribution in [1.82, 2.24) is 15.1 Å². The maximum Gasteiger partial charge on any atom is 0.0625 e. The first-order valence-corrected chi connectivity index (χ1v) is 6.29. The molecule has 1 heterocycles. The maximum atomic E-state index is 4.21. The molecule has 0 fully saturated rings. The Morgan fingerprint density at radius 3 is 2.65 bits per heavy atom. The van der Waals surface area contributed by atoms with Crippen molar-refractivity contribution in [3.63, 3.8) is 0 Å². The lowest BCUT2D eigenvalue weighted by Gasteiger charge is -2.12. The second-order valence-corrected chi connectivity index (χ2v) is 4.46. The van der Waals surface area contributed by atoms with Gasteiger partial charge in [0, 0.05) is 12.1 Å². The second kappa shape index (κ2) is 7.13. The molecule has 0 aliphatic heterocycles. The Balaban J connectivity index is 2.28. The lowest BCUT2D eigenvalue weighted by molar-refractivity contribution is 0.369. The van der Waals surface area contributed by atoms with Gasteiger partial charge in [0.05, 0.1) is 12.2 Å². The van der Waals surface area contributed by atoms with Gasteiger partial charge in [-0.15, -0.1) is 5.92 Å². The summed E-state index contributed by atoms with van der Waals surface area (Å²) in [5, 5.41) is 7.24. The highest BCUT2D eigenvalue weighted by Gasteiger charge is 2.06. The largest absolute Gasteiger partial charge is 0.295 e. The van der Waals surface area contributed by atoms with Gasteiger partial charge in [0.1, 0.15) is 0 Å². The van der Waals surface area contributed by atoms with E-state index < -0.39 is 0 Å². The molecule has 1 aromatic rings. The van der Waals surface area contributed by atoms with Crippen molar-refractivity contribution in [3.05, 3.63) is 17.0 Å². The van der Waals surface area contributed by atoms with Gasteiger partial charge in [-0.3, -0.25) is 10.00 Å². The number of aromatic amines is 1. The van der Waals surface area contributed by atoms with E-state index in [1.165, 1.54) is 11.3 Å². The summed E-state index contributed by atoms with van der Waals surface area (Å²) in [6, 6.07) is 0. The molecule has 3 nitrogen and oxygen atoms in total. The van der Waals surface area contributed by atoms with Gasteiger partial charge >= 0.3 is 0 Å². The lowest BCUT2D eigenvalue weighted by atomic mass is 10.1. The first-order chi connectivity index (χ1) is 8.15. The van der Waals surface area contributed by atoms with E-state index in [1.807, 2.05) is 0 Å². The molecule has 0 aliphatic rings. The third-order valence-corrected chi connectivity index (χ3v) is 2.90. The highest BCUT2D eigenvalue weighted by Crippen LogP contribution is 2.11. The fourth-order valence-electron chi connectivity index (χ4n) is 1.86. The van der Waals surface area contributed by atoms with Gasteiger partial charge in [-0.1, -0.05) is 12.8 Å². The molecule has 0 bridgehead atoms. The van der Waals surface area contributed by atoms with E-state index in [0.29, 0.717) is 0 Å². The Kier molecular flexibility index (Phi) is 5.79. The summed E-state index contributed by atoms with van der Waals surface area (Å²) in [6.45, 7) is 8.19. The van der Waals surface area contributed by atoms with Gasteiger partial charge < -0.3 is 0 Å². The summed E-state index contributed by atoms with van der Waals surface area (Å²) in [5.41, 5.74) is 3.71. The predicted octanol–water partition coefficient (Wildman–Crippen LogP) is 2.30. The molecule has 1 N–H and O–H groups in total. The summed E-state index contributed by atoms with van der Waals surface area (Å²) in [6.07, 6.45) is 3.20. The fraction of sp³-hybridized carbons (Fsp3) is 0.643. The fourth-order valence-corrected chi connectivity index (χ4v) is 1.86. The minimum atomic E-state index is 0.872. The van der Waals surface area contributed by atoms with Crippen LogP contribution >= 0.6 is 0 Å². The van der Waals surface area contributed by atoms with Crippen LogP contribution in [-0.2, 0) is 6.42 Å². The molecule has 1 aromatic heterocycles. The molecule has 0 aliphatic carbocycles. The van der Waals surface area contributed by atoms with E-state index in [4.69, 9.17) is 0 Å². The van der Waals surface area contributed by atoms with E-state index in [0.717, 1.165) is 38.0 Å². The van der Waals surface area contributed by atoms with Crippen LogP contribution in [0.15, 0.2) is 0 Å². The third-order valence-electron chi connectivity index (χ3n) is 2.90. The number of rotatable bonds is 5. The molecular formula is C14H23N3. The molecule has 0 saturated carbocycles. The molecule has 3 heteroatoms. The van der Waals surface area contributed by atoms with Crippen molar-refractivity contribution in [2.45, 2.75) is 40.0 Å². The second-order valence-electron chi connectivity index (χ2n) is 4.46. The van der Waals surface area contributed by atoms with E-state index in [2.05, 4.69) is 54.8 Å². The Morgan fingerprint density at radius 1 is 1.29 bits per heavy atom. The van der Waals surface area contributed by atoms with Crippen LogP contribution in [0.2, 0.25) is 0 Å². The SMILES string of the molecule is CCC#CCN(C)CCCc1c(C)n[nH]c1C. The van der Waals surface area contributed by atoms with Crippen LogP contribution in [0.3, 0.4) is 0 Å². The van der Waals surface area contributed by atoms with Crippen LogP contribution in [-0.4, -0.2) is 35.2 Å². The van der Waals surface area contributed by atoms with Crippen molar-refractivity contribution >= 4 is 0 Å². The van der Waals surface area contributed by atoms with Crippen LogP contribution in [0.5, 0.6) is 0 Å². The average Bonchev–Trinajstić information content (AvgIpc) is 2.61. The molecule has 0 aromatic carbocycles. The Hall–Kier alpha value is -1.27. The Labute approximate surface area is 105 Å². The van der Waals surface area contributed by atoms with Gasteiger partial charge in [-0.25, -0.2) is 0 Å².